The Bertz CT molecular complexity index is 1140. The van der Waals surface area contributed by atoms with Crippen molar-refractivity contribution in [2.24, 2.45) is 0 Å². The molecule has 0 saturated heterocycles. The summed E-state index contributed by atoms with van der Waals surface area (Å²) in [6, 6.07) is 16.7. The highest BCUT2D eigenvalue weighted by Gasteiger charge is 2.39. The van der Waals surface area contributed by atoms with Gasteiger partial charge in [-0.15, -0.1) is 0 Å². The first-order chi connectivity index (χ1) is 15.5. The average molecular weight is 431 g/mol. The summed E-state index contributed by atoms with van der Waals surface area (Å²) >= 11 is 0. The normalized spacial score (nSPS) is 13.8. The van der Waals surface area contributed by atoms with Crippen molar-refractivity contribution in [1.82, 2.24) is 4.90 Å². The van der Waals surface area contributed by atoms with Crippen LogP contribution in [0.1, 0.15) is 35.8 Å². The molecule has 1 aliphatic rings. The van der Waals surface area contributed by atoms with E-state index in [1.807, 2.05) is 57.2 Å². The number of ether oxygens (including phenoxy) is 1. The van der Waals surface area contributed by atoms with Crippen LogP contribution in [-0.2, 0) is 16.1 Å². The molecule has 3 aromatic rings. The number of nitrogens with one attached hydrogen (secondary N) is 1. The summed E-state index contributed by atoms with van der Waals surface area (Å²) in [6.45, 7) is 6.72. The van der Waals surface area contributed by atoms with Crippen molar-refractivity contribution >= 4 is 23.1 Å². The highest BCUT2D eigenvalue weighted by Crippen LogP contribution is 2.32. The Labute approximate surface area is 187 Å². The van der Waals surface area contributed by atoms with Gasteiger partial charge < -0.3 is 14.5 Å². The minimum atomic E-state index is -0.383. The van der Waals surface area contributed by atoms with E-state index in [4.69, 9.17) is 9.15 Å². The van der Waals surface area contributed by atoms with E-state index in [1.165, 1.54) is 11.2 Å². The summed E-state index contributed by atoms with van der Waals surface area (Å²) in [7, 11) is 0. The summed E-state index contributed by atoms with van der Waals surface area (Å²) in [5.74, 6) is 0.526. The smallest absolute Gasteiger partial charge is 0.278 e. The Kier molecular flexibility index (Phi) is 6.12. The Hall–Kier alpha value is -3.80. The second-order valence-electron chi connectivity index (χ2n) is 7.90. The van der Waals surface area contributed by atoms with Gasteiger partial charge in [-0.3, -0.25) is 14.5 Å². The molecule has 32 heavy (non-hydrogen) atoms. The number of furan rings is 1. The van der Waals surface area contributed by atoms with Crippen molar-refractivity contribution in [1.29, 1.82) is 0 Å². The van der Waals surface area contributed by atoms with Crippen molar-refractivity contribution in [3.8, 4) is 5.75 Å². The number of benzene rings is 2. The van der Waals surface area contributed by atoms with Crippen LogP contribution < -0.4 is 10.1 Å². The molecule has 4 rings (SSSR count). The number of rotatable bonds is 8. The molecule has 0 aliphatic carbocycles. The average Bonchev–Trinajstić information content (AvgIpc) is 3.35. The Morgan fingerprint density at radius 2 is 1.69 bits per heavy atom. The molecule has 0 bridgehead atoms. The number of hydrogen-bond acceptors (Lipinski definition) is 5. The molecule has 1 aromatic heterocycles. The number of hydrogen-bond donors (Lipinski definition) is 1. The van der Waals surface area contributed by atoms with Crippen LogP contribution in [0.5, 0.6) is 5.75 Å². The molecule has 0 spiro atoms. The third kappa shape index (κ3) is 4.44. The monoisotopic (exact) mass is 430 g/mol. The first-order valence-corrected chi connectivity index (χ1v) is 10.7. The first-order valence-electron chi connectivity index (χ1n) is 10.7. The molecule has 0 fully saturated rings. The van der Waals surface area contributed by atoms with Gasteiger partial charge in [0.1, 0.15) is 17.2 Å². The molecule has 0 saturated carbocycles. The summed E-state index contributed by atoms with van der Waals surface area (Å²) in [4.78, 5) is 27.9. The lowest BCUT2D eigenvalue weighted by molar-refractivity contribution is -0.137. The highest BCUT2D eigenvalue weighted by molar-refractivity contribution is 6.36. The number of aryl methyl sites for hydroxylation is 2. The van der Waals surface area contributed by atoms with Crippen LogP contribution in [-0.4, -0.2) is 23.3 Å². The van der Waals surface area contributed by atoms with E-state index in [9.17, 15) is 9.59 Å². The van der Waals surface area contributed by atoms with E-state index < -0.39 is 0 Å². The van der Waals surface area contributed by atoms with Gasteiger partial charge >= 0.3 is 0 Å². The molecule has 0 radical (unpaired) electrons. The number of amides is 2. The summed E-state index contributed by atoms with van der Waals surface area (Å²) in [5, 5.41) is 3.22. The Balaban J connectivity index is 1.72. The molecular formula is C26H26N2O4. The van der Waals surface area contributed by atoms with Crippen LogP contribution in [0.25, 0.3) is 5.57 Å². The van der Waals surface area contributed by atoms with Crippen molar-refractivity contribution < 1.29 is 18.7 Å². The fourth-order valence-corrected chi connectivity index (χ4v) is 3.79. The van der Waals surface area contributed by atoms with Crippen LogP contribution >= 0.6 is 0 Å². The fraction of sp³-hybridized carbons (Fsp3) is 0.231. The van der Waals surface area contributed by atoms with Crippen molar-refractivity contribution in [2.75, 3.05) is 11.9 Å². The molecule has 2 aromatic carbocycles. The quantitative estimate of drug-likeness (QED) is 0.505. The Morgan fingerprint density at radius 3 is 2.31 bits per heavy atom. The first kappa shape index (κ1) is 21.4. The molecule has 164 valence electrons. The molecule has 2 amide bonds. The summed E-state index contributed by atoms with van der Waals surface area (Å²) in [6.07, 6.45) is 2.43. The molecular weight excluding hydrogens is 404 g/mol. The number of nitrogens with zero attached hydrogens (tertiary/aromatic N) is 1. The predicted molar refractivity (Wildman–Crippen MR) is 123 cm³/mol. The number of carbonyl (C=O) groups is 2. The second-order valence-corrected chi connectivity index (χ2v) is 7.90. The van der Waals surface area contributed by atoms with E-state index >= 15 is 0 Å². The van der Waals surface area contributed by atoms with Gasteiger partial charge in [-0.2, -0.15) is 0 Å². The lowest BCUT2D eigenvalue weighted by Crippen LogP contribution is -2.31. The van der Waals surface area contributed by atoms with Gasteiger partial charge in [0.25, 0.3) is 11.8 Å². The maximum absolute atomic E-state index is 13.4. The molecule has 6 heteroatoms. The minimum absolute atomic E-state index is 0.0733. The van der Waals surface area contributed by atoms with E-state index in [2.05, 4.69) is 11.4 Å². The largest absolute Gasteiger partial charge is 0.494 e. The number of imide groups is 1. The highest BCUT2D eigenvalue weighted by atomic mass is 16.5. The lowest BCUT2D eigenvalue weighted by atomic mass is 10.0. The zero-order valence-electron chi connectivity index (χ0n) is 18.5. The summed E-state index contributed by atoms with van der Waals surface area (Å²) in [5.41, 5.74) is 4.14. The zero-order chi connectivity index (χ0) is 22.7. The van der Waals surface area contributed by atoms with E-state index in [1.54, 1.807) is 12.1 Å². The zero-order valence-corrected chi connectivity index (χ0v) is 18.5. The topological polar surface area (TPSA) is 71.8 Å². The molecule has 1 aliphatic heterocycles. The van der Waals surface area contributed by atoms with Gasteiger partial charge in [0.2, 0.25) is 0 Å². The maximum Gasteiger partial charge on any atom is 0.278 e. The predicted octanol–water partition coefficient (Wildman–Crippen LogP) is 5.08. The molecule has 2 heterocycles. The van der Waals surface area contributed by atoms with E-state index in [-0.39, 0.29) is 24.1 Å². The van der Waals surface area contributed by atoms with Gasteiger partial charge in [0.05, 0.1) is 25.0 Å². The molecule has 0 unspecified atom stereocenters. The lowest BCUT2D eigenvalue weighted by Gasteiger charge is -2.14. The van der Waals surface area contributed by atoms with Gasteiger partial charge in [-0.1, -0.05) is 25.1 Å². The second kappa shape index (κ2) is 9.14. The Morgan fingerprint density at radius 1 is 0.969 bits per heavy atom. The van der Waals surface area contributed by atoms with E-state index in [0.29, 0.717) is 23.5 Å². The van der Waals surface area contributed by atoms with Crippen molar-refractivity contribution in [2.45, 2.75) is 33.7 Å². The van der Waals surface area contributed by atoms with Crippen molar-refractivity contribution in [3.05, 3.63) is 89.0 Å². The van der Waals surface area contributed by atoms with Gasteiger partial charge in [-0.05, 0) is 73.4 Å². The summed E-state index contributed by atoms with van der Waals surface area (Å²) < 4.78 is 11.0. The molecule has 0 atom stereocenters. The number of anilines is 1. The van der Waals surface area contributed by atoms with Crippen LogP contribution in [0.15, 0.2) is 71.0 Å². The van der Waals surface area contributed by atoms with Crippen LogP contribution in [0.3, 0.4) is 0 Å². The van der Waals surface area contributed by atoms with Gasteiger partial charge in [-0.25, -0.2) is 0 Å². The van der Waals surface area contributed by atoms with Gasteiger partial charge in [0.15, 0.2) is 0 Å². The minimum Gasteiger partial charge on any atom is -0.494 e. The van der Waals surface area contributed by atoms with Crippen LogP contribution in [0, 0.1) is 13.8 Å². The third-order valence-electron chi connectivity index (χ3n) is 5.17. The van der Waals surface area contributed by atoms with Crippen LogP contribution in [0.4, 0.5) is 5.69 Å². The molecule has 6 nitrogen and oxygen atoms in total. The van der Waals surface area contributed by atoms with Gasteiger partial charge in [0, 0.05) is 5.69 Å². The fourth-order valence-electron chi connectivity index (χ4n) is 3.79. The standard InChI is InChI=1S/C26H26N2O4/c1-4-11-31-21-9-7-19(8-10-21)23-24(27-20-14-17(2)13-18(3)15-20)26(30)28(25(23)29)16-22-6-5-12-32-22/h5-10,12-15,27H,4,11,16H2,1-3H3. The van der Waals surface area contributed by atoms with Crippen LogP contribution in [0.2, 0.25) is 0 Å². The third-order valence-corrected chi connectivity index (χ3v) is 5.17. The molecule has 1 N–H and O–H groups in total. The number of carbonyl (C=O) groups excluding carboxylic acids is 2. The SMILES string of the molecule is CCCOc1ccc(C2=C(Nc3cc(C)cc(C)c3)C(=O)N(Cc3ccco3)C2=O)cc1. The maximum atomic E-state index is 13.4. The van der Waals surface area contributed by atoms with Crippen molar-refractivity contribution in [3.63, 3.8) is 0 Å². The van der Waals surface area contributed by atoms with E-state index in [0.717, 1.165) is 29.0 Å².